The van der Waals surface area contributed by atoms with E-state index >= 15 is 0 Å². The minimum absolute atomic E-state index is 0.126. The molecule has 0 amide bonds. The number of nitrogens with zero attached hydrogens (tertiary/aromatic N) is 2. The van der Waals surface area contributed by atoms with Gasteiger partial charge in [-0.25, -0.2) is 4.39 Å². The molecule has 0 saturated carbocycles. The summed E-state index contributed by atoms with van der Waals surface area (Å²) in [7, 11) is 0. The Labute approximate surface area is 157 Å². The van der Waals surface area contributed by atoms with E-state index in [1.54, 1.807) is 17.8 Å². The van der Waals surface area contributed by atoms with E-state index < -0.39 is 0 Å². The first-order valence-corrected chi connectivity index (χ1v) is 10.0. The Morgan fingerprint density at radius 2 is 1.73 bits per heavy atom. The number of anilines is 1. The molecule has 4 rings (SSSR count). The smallest absolute Gasteiger partial charge is 0.184 e. The second kappa shape index (κ2) is 8.18. The largest absolute Gasteiger partial charge is 0.486 e. The van der Waals surface area contributed by atoms with Crippen LogP contribution in [0.4, 0.5) is 10.1 Å². The number of hydrogen-bond donors (Lipinski definition) is 0. The maximum Gasteiger partial charge on any atom is 0.184 e. The van der Waals surface area contributed by atoms with Crippen LogP contribution in [0.2, 0.25) is 0 Å². The molecule has 0 aliphatic carbocycles. The fraction of sp³-hybridized carbons (Fsp3) is 0.400. The normalized spacial score (nSPS) is 17.3. The summed E-state index contributed by atoms with van der Waals surface area (Å²) in [6, 6.07) is 13.1. The minimum Gasteiger partial charge on any atom is -0.486 e. The maximum atomic E-state index is 13.7. The van der Waals surface area contributed by atoms with Gasteiger partial charge < -0.3 is 14.4 Å². The highest BCUT2D eigenvalue weighted by Gasteiger charge is 2.23. The Balaban J connectivity index is 1.29. The Kier molecular flexibility index (Phi) is 5.51. The van der Waals surface area contributed by atoms with E-state index in [4.69, 9.17) is 9.47 Å². The number of para-hydroxylation sites is 1. The highest BCUT2D eigenvalue weighted by Crippen LogP contribution is 2.39. The highest BCUT2D eigenvalue weighted by molar-refractivity contribution is 7.99. The van der Waals surface area contributed by atoms with Crippen LogP contribution in [0, 0.1) is 5.82 Å². The summed E-state index contributed by atoms with van der Waals surface area (Å²) in [6.45, 7) is 6.12. The number of ether oxygens (including phenoxy) is 2. The van der Waals surface area contributed by atoms with Crippen LogP contribution in [0.15, 0.2) is 47.4 Å². The van der Waals surface area contributed by atoms with Gasteiger partial charge in [-0.05, 0) is 24.3 Å². The van der Waals surface area contributed by atoms with Crippen molar-refractivity contribution >= 4 is 17.4 Å². The van der Waals surface area contributed by atoms with Gasteiger partial charge in [0, 0.05) is 43.4 Å². The van der Waals surface area contributed by atoms with Crippen molar-refractivity contribution < 1.29 is 13.9 Å². The number of thioether (sulfide) groups is 1. The van der Waals surface area contributed by atoms with E-state index in [0.717, 1.165) is 60.6 Å². The second-order valence-corrected chi connectivity index (χ2v) is 7.55. The van der Waals surface area contributed by atoms with Crippen LogP contribution in [0.3, 0.4) is 0 Å². The molecule has 0 spiro atoms. The topological polar surface area (TPSA) is 24.9 Å². The minimum atomic E-state index is -0.126. The number of fused-ring (bicyclic) bond motifs is 1. The molecule has 2 aliphatic heterocycles. The molecule has 2 aromatic rings. The third-order valence-electron chi connectivity index (χ3n) is 4.76. The summed E-state index contributed by atoms with van der Waals surface area (Å²) in [6.07, 6.45) is 0. The number of rotatable bonds is 5. The lowest BCUT2D eigenvalue weighted by Crippen LogP contribution is -2.47. The molecule has 0 atom stereocenters. The third kappa shape index (κ3) is 3.91. The third-order valence-corrected chi connectivity index (χ3v) is 5.79. The van der Waals surface area contributed by atoms with Gasteiger partial charge in [-0.1, -0.05) is 18.2 Å². The van der Waals surface area contributed by atoms with E-state index in [-0.39, 0.29) is 5.82 Å². The Morgan fingerprint density at radius 3 is 2.58 bits per heavy atom. The van der Waals surface area contributed by atoms with Gasteiger partial charge in [-0.3, -0.25) is 4.90 Å². The van der Waals surface area contributed by atoms with Crippen molar-refractivity contribution in [2.24, 2.45) is 0 Å². The summed E-state index contributed by atoms with van der Waals surface area (Å²) in [4.78, 5) is 5.55. The van der Waals surface area contributed by atoms with Crippen molar-refractivity contribution in [2.75, 3.05) is 56.6 Å². The van der Waals surface area contributed by atoms with E-state index in [0.29, 0.717) is 13.2 Å². The first-order chi connectivity index (χ1) is 12.8. The molecule has 26 heavy (non-hydrogen) atoms. The van der Waals surface area contributed by atoms with Crippen LogP contribution in [0.1, 0.15) is 0 Å². The average Bonchev–Trinajstić information content (AvgIpc) is 2.70. The zero-order chi connectivity index (χ0) is 17.8. The van der Waals surface area contributed by atoms with E-state index in [1.165, 1.54) is 6.07 Å². The predicted molar refractivity (Wildman–Crippen MR) is 103 cm³/mol. The standard InChI is InChI=1S/C20H23FN2O2S/c21-16-4-1-2-7-19(16)26-15-12-22-8-10-23(11-9-22)17-5-3-6-18-20(17)25-14-13-24-18/h1-7H,8-15H2. The Morgan fingerprint density at radius 1 is 0.923 bits per heavy atom. The number of benzene rings is 2. The molecule has 2 heterocycles. The molecule has 138 valence electrons. The van der Waals surface area contributed by atoms with E-state index in [9.17, 15) is 4.39 Å². The van der Waals surface area contributed by atoms with Crippen molar-refractivity contribution in [3.63, 3.8) is 0 Å². The van der Waals surface area contributed by atoms with Crippen molar-refractivity contribution in [2.45, 2.75) is 4.90 Å². The molecule has 0 bridgehead atoms. The molecule has 1 saturated heterocycles. The molecule has 1 fully saturated rings. The van der Waals surface area contributed by atoms with E-state index in [1.807, 2.05) is 24.3 Å². The Hall–Kier alpha value is -1.92. The zero-order valence-electron chi connectivity index (χ0n) is 14.7. The number of halogens is 1. The first-order valence-electron chi connectivity index (χ1n) is 9.04. The lowest BCUT2D eigenvalue weighted by Gasteiger charge is -2.37. The van der Waals surface area contributed by atoms with Gasteiger partial charge in [0.2, 0.25) is 0 Å². The van der Waals surface area contributed by atoms with Crippen molar-refractivity contribution in [1.29, 1.82) is 0 Å². The second-order valence-electron chi connectivity index (χ2n) is 6.41. The van der Waals surface area contributed by atoms with E-state index in [2.05, 4.69) is 15.9 Å². The molecular weight excluding hydrogens is 351 g/mol. The maximum absolute atomic E-state index is 13.7. The van der Waals surface area contributed by atoms with Crippen LogP contribution in [0.25, 0.3) is 0 Å². The highest BCUT2D eigenvalue weighted by atomic mass is 32.2. The van der Waals surface area contributed by atoms with Gasteiger partial charge >= 0.3 is 0 Å². The summed E-state index contributed by atoms with van der Waals surface area (Å²) >= 11 is 1.59. The molecule has 2 aliphatic rings. The van der Waals surface area contributed by atoms with Crippen molar-refractivity contribution in [3.05, 3.63) is 48.3 Å². The van der Waals surface area contributed by atoms with Crippen LogP contribution >= 0.6 is 11.8 Å². The average molecular weight is 374 g/mol. The van der Waals surface area contributed by atoms with Crippen molar-refractivity contribution in [1.82, 2.24) is 4.90 Å². The van der Waals surface area contributed by atoms with Crippen molar-refractivity contribution in [3.8, 4) is 11.5 Å². The monoisotopic (exact) mass is 374 g/mol. The van der Waals surface area contributed by atoms with Gasteiger partial charge in [0.15, 0.2) is 11.5 Å². The summed E-state index contributed by atoms with van der Waals surface area (Å²) in [5.74, 6) is 2.50. The quantitative estimate of drug-likeness (QED) is 0.746. The summed E-state index contributed by atoms with van der Waals surface area (Å²) in [5.41, 5.74) is 1.13. The number of piperazine rings is 1. The molecule has 6 heteroatoms. The molecule has 0 radical (unpaired) electrons. The van der Waals surface area contributed by atoms with Crippen LogP contribution in [0.5, 0.6) is 11.5 Å². The van der Waals surface area contributed by atoms with Gasteiger partial charge in [-0.2, -0.15) is 0 Å². The van der Waals surface area contributed by atoms with Crippen LogP contribution in [-0.2, 0) is 0 Å². The molecular formula is C20H23FN2O2S. The molecule has 2 aromatic carbocycles. The lowest BCUT2D eigenvalue weighted by atomic mass is 10.2. The molecule has 0 unspecified atom stereocenters. The molecule has 4 nitrogen and oxygen atoms in total. The number of hydrogen-bond acceptors (Lipinski definition) is 5. The predicted octanol–water partition coefficient (Wildman–Crippen LogP) is 3.51. The Bertz CT molecular complexity index is 750. The molecule has 0 aromatic heterocycles. The van der Waals surface area contributed by atoms with Crippen LogP contribution < -0.4 is 14.4 Å². The molecule has 0 N–H and O–H groups in total. The lowest BCUT2D eigenvalue weighted by molar-refractivity contribution is 0.171. The van der Waals surface area contributed by atoms with Gasteiger partial charge in [0.1, 0.15) is 19.0 Å². The summed E-state index contributed by atoms with van der Waals surface area (Å²) < 4.78 is 25.2. The van der Waals surface area contributed by atoms with Gasteiger partial charge in [-0.15, -0.1) is 11.8 Å². The fourth-order valence-electron chi connectivity index (χ4n) is 3.37. The van der Waals surface area contributed by atoms with Gasteiger partial charge in [0.05, 0.1) is 5.69 Å². The fourth-order valence-corrected chi connectivity index (χ4v) is 4.32. The summed E-state index contributed by atoms with van der Waals surface area (Å²) in [5, 5.41) is 0. The zero-order valence-corrected chi connectivity index (χ0v) is 15.5. The van der Waals surface area contributed by atoms with Gasteiger partial charge in [0.25, 0.3) is 0 Å². The SMILES string of the molecule is Fc1ccccc1SCCN1CCN(c2cccc3c2OCCO3)CC1. The first kappa shape index (κ1) is 17.5. The van der Waals surface area contributed by atoms with Crippen LogP contribution in [-0.4, -0.2) is 56.6 Å².